The van der Waals surface area contributed by atoms with Gasteiger partial charge in [0.15, 0.2) is 5.82 Å². The second-order valence-corrected chi connectivity index (χ2v) is 5.08. The van der Waals surface area contributed by atoms with E-state index in [0.717, 1.165) is 11.1 Å². The highest BCUT2D eigenvalue weighted by atomic mass is 35.5. The first-order valence-corrected chi connectivity index (χ1v) is 6.64. The van der Waals surface area contributed by atoms with Gasteiger partial charge in [-0.15, -0.1) is 0 Å². The maximum atomic E-state index is 13.7. The van der Waals surface area contributed by atoms with E-state index in [0.29, 0.717) is 11.3 Å². The van der Waals surface area contributed by atoms with Crippen LogP contribution in [0.25, 0.3) is 22.3 Å². The fourth-order valence-electron chi connectivity index (χ4n) is 1.81. The summed E-state index contributed by atoms with van der Waals surface area (Å²) in [6.07, 6.45) is 0. The summed E-state index contributed by atoms with van der Waals surface area (Å²) < 4.78 is 13.7. The molecule has 0 aliphatic carbocycles. The number of aryl methyl sites for hydroxylation is 1. The van der Waals surface area contributed by atoms with Crippen molar-refractivity contribution in [1.82, 2.24) is 9.97 Å². The van der Waals surface area contributed by atoms with Crippen molar-refractivity contribution in [3.63, 3.8) is 0 Å². The number of fused-ring (bicyclic) bond motifs is 1. The quantitative estimate of drug-likeness (QED) is 0.614. The molecule has 2 heterocycles. The molecule has 2 aromatic heterocycles. The van der Waals surface area contributed by atoms with Crippen molar-refractivity contribution in [3.05, 3.63) is 45.5 Å². The summed E-state index contributed by atoms with van der Waals surface area (Å²) in [6, 6.07) is 4.99. The molecule has 1 aromatic carbocycles. The van der Waals surface area contributed by atoms with Gasteiger partial charge in [0, 0.05) is 10.9 Å². The fourth-order valence-corrected chi connectivity index (χ4v) is 2.71. The molecule has 90 valence electrons. The third-order valence-corrected chi connectivity index (χ3v) is 3.69. The molecule has 5 heteroatoms. The number of nitrogens with zero attached hydrogens (tertiary/aromatic N) is 2. The third-order valence-electron chi connectivity index (χ3n) is 2.74. The van der Waals surface area contributed by atoms with Gasteiger partial charge < -0.3 is 0 Å². The Balaban J connectivity index is 2.37. The number of rotatable bonds is 1. The van der Waals surface area contributed by atoms with Gasteiger partial charge in [-0.3, -0.25) is 0 Å². The smallest absolute Gasteiger partial charge is 0.162 e. The number of thiophene rings is 1. The summed E-state index contributed by atoms with van der Waals surface area (Å²) >= 11 is 7.62. The molecule has 0 aliphatic heterocycles. The number of halogens is 2. The first-order chi connectivity index (χ1) is 8.66. The summed E-state index contributed by atoms with van der Waals surface area (Å²) in [6.45, 7) is 1.88. The Bertz CT molecular complexity index is 725. The van der Waals surface area contributed by atoms with Crippen LogP contribution in [0.5, 0.6) is 0 Å². The summed E-state index contributed by atoms with van der Waals surface area (Å²) in [5.74, 6) is 0.139. The molecule has 2 nitrogen and oxygen atoms in total. The lowest BCUT2D eigenvalue weighted by Gasteiger charge is -2.06. The predicted molar refractivity (Wildman–Crippen MR) is 72.6 cm³/mol. The van der Waals surface area contributed by atoms with Gasteiger partial charge in [-0.2, -0.15) is 11.3 Å². The monoisotopic (exact) mass is 278 g/mol. The van der Waals surface area contributed by atoms with Crippen LogP contribution in [0.3, 0.4) is 0 Å². The Kier molecular flexibility index (Phi) is 2.76. The summed E-state index contributed by atoms with van der Waals surface area (Å²) in [4.78, 5) is 8.58. The zero-order valence-corrected chi connectivity index (χ0v) is 11.0. The lowest BCUT2D eigenvalue weighted by Crippen LogP contribution is -1.95. The molecule has 0 atom stereocenters. The van der Waals surface area contributed by atoms with Crippen LogP contribution in [-0.4, -0.2) is 9.97 Å². The minimum absolute atomic E-state index is 0.155. The maximum absolute atomic E-state index is 13.7. The Hall–Kier alpha value is -1.52. The molecule has 0 fully saturated rings. The average Bonchev–Trinajstić information content (AvgIpc) is 2.87. The fraction of sp³-hybridized carbons (Fsp3) is 0.0769. The van der Waals surface area contributed by atoms with Gasteiger partial charge in [0.25, 0.3) is 0 Å². The van der Waals surface area contributed by atoms with Crippen LogP contribution in [0.1, 0.15) is 5.56 Å². The van der Waals surface area contributed by atoms with Crippen molar-refractivity contribution < 1.29 is 4.39 Å². The van der Waals surface area contributed by atoms with Gasteiger partial charge in [0.1, 0.15) is 11.0 Å². The second kappa shape index (κ2) is 4.30. The minimum Gasteiger partial charge on any atom is -0.227 e. The van der Waals surface area contributed by atoms with Crippen LogP contribution in [0.4, 0.5) is 4.39 Å². The van der Waals surface area contributed by atoms with Crippen molar-refractivity contribution in [2.24, 2.45) is 0 Å². The lowest BCUT2D eigenvalue weighted by atomic mass is 10.1. The highest BCUT2D eigenvalue weighted by Gasteiger charge is 2.13. The molecular formula is C13H8ClFN2S. The molecule has 0 saturated carbocycles. The van der Waals surface area contributed by atoms with Crippen molar-refractivity contribution in [3.8, 4) is 11.4 Å². The molecular weight excluding hydrogens is 271 g/mol. The van der Waals surface area contributed by atoms with Crippen LogP contribution in [0.2, 0.25) is 5.15 Å². The molecule has 0 unspecified atom stereocenters. The summed E-state index contributed by atoms with van der Waals surface area (Å²) in [7, 11) is 0. The van der Waals surface area contributed by atoms with E-state index in [4.69, 9.17) is 11.6 Å². The van der Waals surface area contributed by atoms with Gasteiger partial charge in [-0.05, 0) is 30.0 Å². The van der Waals surface area contributed by atoms with Crippen molar-refractivity contribution in [1.29, 1.82) is 0 Å². The maximum Gasteiger partial charge on any atom is 0.162 e. The molecule has 0 bridgehead atoms. The van der Waals surface area contributed by atoms with E-state index in [9.17, 15) is 4.39 Å². The molecule has 0 radical (unpaired) electrons. The van der Waals surface area contributed by atoms with Gasteiger partial charge >= 0.3 is 0 Å². The molecule has 3 aromatic rings. The van der Waals surface area contributed by atoms with Gasteiger partial charge in [-0.1, -0.05) is 17.7 Å². The van der Waals surface area contributed by atoms with Gasteiger partial charge in [-0.25, -0.2) is 14.4 Å². The molecule has 0 spiro atoms. The van der Waals surface area contributed by atoms with Crippen LogP contribution in [-0.2, 0) is 0 Å². The summed E-state index contributed by atoms with van der Waals surface area (Å²) in [5.41, 5.74) is 2.34. The normalized spacial score (nSPS) is 11.1. The van der Waals surface area contributed by atoms with E-state index in [1.165, 1.54) is 6.07 Å². The zero-order valence-electron chi connectivity index (χ0n) is 9.45. The van der Waals surface area contributed by atoms with Crippen LogP contribution in [0, 0.1) is 12.7 Å². The standard InChI is InChI=1S/C13H8ClFN2S/c1-7-2-3-9(15)10-11(7)16-13(17-12(10)14)8-4-5-18-6-8/h2-6H,1H3. The molecule has 0 aliphatic rings. The molecule has 0 N–H and O–H groups in total. The second-order valence-electron chi connectivity index (χ2n) is 3.94. The molecule has 0 amide bonds. The largest absolute Gasteiger partial charge is 0.227 e. The van der Waals surface area contributed by atoms with Crippen LogP contribution < -0.4 is 0 Å². The first-order valence-electron chi connectivity index (χ1n) is 5.32. The van der Waals surface area contributed by atoms with Gasteiger partial charge in [0.2, 0.25) is 0 Å². The molecule has 0 saturated heterocycles. The predicted octanol–water partition coefficient (Wildman–Crippen LogP) is 4.46. The van der Waals surface area contributed by atoms with E-state index in [1.807, 2.05) is 23.8 Å². The highest BCUT2D eigenvalue weighted by Crippen LogP contribution is 2.29. The Morgan fingerprint density at radius 3 is 2.78 bits per heavy atom. The first kappa shape index (κ1) is 11.6. The van der Waals surface area contributed by atoms with Gasteiger partial charge in [0.05, 0.1) is 10.9 Å². The number of aromatic nitrogens is 2. The van der Waals surface area contributed by atoms with E-state index in [1.54, 1.807) is 17.4 Å². The highest BCUT2D eigenvalue weighted by molar-refractivity contribution is 7.08. The van der Waals surface area contributed by atoms with Crippen molar-refractivity contribution in [2.75, 3.05) is 0 Å². The number of hydrogen-bond acceptors (Lipinski definition) is 3. The van der Waals surface area contributed by atoms with E-state index in [2.05, 4.69) is 9.97 Å². The SMILES string of the molecule is Cc1ccc(F)c2c(Cl)nc(-c3ccsc3)nc12. The Morgan fingerprint density at radius 1 is 1.22 bits per heavy atom. The number of benzene rings is 1. The van der Waals surface area contributed by atoms with E-state index in [-0.39, 0.29) is 10.5 Å². The topological polar surface area (TPSA) is 25.8 Å². The number of hydrogen-bond donors (Lipinski definition) is 0. The zero-order chi connectivity index (χ0) is 12.7. The lowest BCUT2D eigenvalue weighted by molar-refractivity contribution is 0.639. The summed E-state index contributed by atoms with van der Waals surface area (Å²) in [5, 5.41) is 4.32. The Labute approximate surface area is 112 Å². The average molecular weight is 279 g/mol. The molecule has 3 rings (SSSR count). The van der Waals surface area contributed by atoms with Crippen molar-refractivity contribution in [2.45, 2.75) is 6.92 Å². The Morgan fingerprint density at radius 2 is 2.06 bits per heavy atom. The van der Waals surface area contributed by atoms with Crippen LogP contribution in [0.15, 0.2) is 29.0 Å². The minimum atomic E-state index is -0.391. The van der Waals surface area contributed by atoms with Crippen molar-refractivity contribution >= 4 is 33.8 Å². The van der Waals surface area contributed by atoms with E-state index < -0.39 is 5.82 Å². The van der Waals surface area contributed by atoms with E-state index >= 15 is 0 Å². The van der Waals surface area contributed by atoms with Crippen LogP contribution >= 0.6 is 22.9 Å². The molecule has 18 heavy (non-hydrogen) atoms. The third kappa shape index (κ3) is 1.78.